The number of halogens is 1. The van der Waals surface area contributed by atoms with Crippen LogP contribution in [0, 0.1) is 0 Å². The summed E-state index contributed by atoms with van der Waals surface area (Å²) in [4.78, 5) is 20.2. The van der Waals surface area contributed by atoms with Gasteiger partial charge in [0, 0.05) is 12.7 Å². The van der Waals surface area contributed by atoms with Crippen molar-refractivity contribution in [3.8, 4) is 0 Å². The Morgan fingerprint density at radius 1 is 1.29 bits per heavy atom. The number of rotatable bonds is 6. The van der Waals surface area contributed by atoms with Gasteiger partial charge < -0.3 is 10.6 Å². The number of hydrogen-bond donors (Lipinski definition) is 2. The third-order valence-electron chi connectivity index (χ3n) is 2.82. The maximum atomic E-state index is 11.9. The number of benzene rings is 1. The SMILES string of the molecule is CCCCNC(=O)c1ccnc(Nc2ccccc2Cl)n1. The van der Waals surface area contributed by atoms with Crippen molar-refractivity contribution in [1.29, 1.82) is 0 Å². The van der Waals surface area contributed by atoms with Gasteiger partial charge in [-0.15, -0.1) is 0 Å². The lowest BCUT2D eigenvalue weighted by Crippen LogP contribution is -2.25. The fraction of sp³-hybridized carbons (Fsp3) is 0.267. The minimum Gasteiger partial charge on any atom is -0.351 e. The van der Waals surface area contributed by atoms with E-state index in [2.05, 4.69) is 27.5 Å². The second-order valence-corrected chi connectivity index (χ2v) is 4.89. The second-order valence-electron chi connectivity index (χ2n) is 4.48. The zero-order valence-corrected chi connectivity index (χ0v) is 12.5. The standard InChI is InChI=1S/C15H17ClN4O/c1-2-3-9-17-14(21)13-8-10-18-15(20-13)19-12-7-5-4-6-11(12)16/h4-8,10H,2-3,9H2,1H3,(H,17,21)(H,18,19,20). The van der Waals surface area contributed by atoms with E-state index in [4.69, 9.17) is 11.6 Å². The molecule has 0 aliphatic heterocycles. The molecule has 110 valence electrons. The van der Waals surface area contributed by atoms with Gasteiger partial charge in [-0.05, 0) is 24.6 Å². The van der Waals surface area contributed by atoms with Gasteiger partial charge in [0.2, 0.25) is 5.95 Å². The summed E-state index contributed by atoms with van der Waals surface area (Å²) in [6.07, 6.45) is 3.52. The summed E-state index contributed by atoms with van der Waals surface area (Å²) in [5.74, 6) is 0.138. The predicted molar refractivity (Wildman–Crippen MR) is 84.0 cm³/mol. The third kappa shape index (κ3) is 4.43. The molecule has 2 aromatic rings. The van der Waals surface area contributed by atoms with Gasteiger partial charge in [-0.1, -0.05) is 37.1 Å². The molecule has 0 atom stereocenters. The van der Waals surface area contributed by atoms with E-state index in [0.29, 0.717) is 28.9 Å². The number of amides is 1. The molecule has 6 heteroatoms. The summed E-state index contributed by atoms with van der Waals surface area (Å²) in [6, 6.07) is 8.87. The van der Waals surface area contributed by atoms with Crippen molar-refractivity contribution in [3.63, 3.8) is 0 Å². The molecule has 2 rings (SSSR count). The van der Waals surface area contributed by atoms with Gasteiger partial charge in [0.1, 0.15) is 5.69 Å². The minimum absolute atomic E-state index is 0.201. The van der Waals surface area contributed by atoms with Crippen LogP contribution in [0.1, 0.15) is 30.3 Å². The lowest BCUT2D eigenvalue weighted by atomic mass is 10.3. The molecule has 21 heavy (non-hydrogen) atoms. The first-order valence-electron chi connectivity index (χ1n) is 6.83. The van der Waals surface area contributed by atoms with Crippen LogP contribution in [-0.4, -0.2) is 22.4 Å². The first-order valence-corrected chi connectivity index (χ1v) is 7.21. The van der Waals surface area contributed by atoms with Crippen molar-refractivity contribution in [2.45, 2.75) is 19.8 Å². The second kappa shape index (κ2) is 7.59. The van der Waals surface area contributed by atoms with E-state index < -0.39 is 0 Å². The first-order chi connectivity index (χ1) is 10.2. The highest BCUT2D eigenvalue weighted by Crippen LogP contribution is 2.22. The van der Waals surface area contributed by atoms with E-state index in [-0.39, 0.29) is 5.91 Å². The predicted octanol–water partition coefficient (Wildman–Crippen LogP) is 3.40. The average Bonchev–Trinajstić information content (AvgIpc) is 2.50. The topological polar surface area (TPSA) is 66.9 Å². The fourth-order valence-electron chi connectivity index (χ4n) is 1.70. The van der Waals surface area contributed by atoms with Crippen LogP contribution in [0.15, 0.2) is 36.5 Å². The molecule has 0 bridgehead atoms. The van der Waals surface area contributed by atoms with Crippen LogP contribution >= 0.6 is 11.6 Å². The van der Waals surface area contributed by atoms with Crippen LogP contribution in [0.4, 0.5) is 11.6 Å². The number of nitrogens with zero attached hydrogens (tertiary/aromatic N) is 2. The van der Waals surface area contributed by atoms with E-state index >= 15 is 0 Å². The van der Waals surface area contributed by atoms with Gasteiger partial charge in [0.05, 0.1) is 10.7 Å². The van der Waals surface area contributed by atoms with E-state index in [1.165, 1.54) is 0 Å². The fourth-order valence-corrected chi connectivity index (χ4v) is 1.88. The van der Waals surface area contributed by atoms with E-state index in [1.54, 1.807) is 18.3 Å². The summed E-state index contributed by atoms with van der Waals surface area (Å²) in [5.41, 5.74) is 1.03. The summed E-state index contributed by atoms with van der Waals surface area (Å²) < 4.78 is 0. The molecular weight excluding hydrogens is 288 g/mol. The van der Waals surface area contributed by atoms with Gasteiger partial charge in [0.15, 0.2) is 0 Å². The number of carbonyl (C=O) groups excluding carboxylic acids is 1. The van der Waals surface area contributed by atoms with Crippen LogP contribution in [-0.2, 0) is 0 Å². The summed E-state index contributed by atoms with van der Waals surface area (Å²) in [6.45, 7) is 2.72. The molecule has 0 unspecified atom stereocenters. The van der Waals surface area contributed by atoms with Crippen molar-refractivity contribution in [2.75, 3.05) is 11.9 Å². The summed E-state index contributed by atoms with van der Waals surface area (Å²) in [7, 11) is 0. The van der Waals surface area contributed by atoms with E-state index in [1.807, 2.05) is 18.2 Å². The molecule has 0 aliphatic carbocycles. The van der Waals surface area contributed by atoms with Crippen LogP contribution in [0.3, 0.4) is 0 Å². The monoisotopic (exact) mass is 304 g/mol. The van der Waals surface area contributed by atoms with Crippen LogP contribution in [0.25, 0.3) is 0 Å². The Morgan fingerprint density at radius 2 is 2.10 bits per heavy atom. The number of unbranched alkanes of at least 4 members (excludes halogenated alkanes) is 1. The molecule has 1 amide bonds. The Hall–Kier alpha value is -2.14. The van der Waals surface area contributed by atoms with Crippen LogP contribution in [0.2, 0.25) is 5.02 Å². The van der Waals surface area contributed by atoms with Gasteiger partial charge in [0.25, 0.3) is 5.91 Å². The Labute approximate surface area is 128 Å². The quantitative estimate of drug-likeness (QED) is 0.803. The molecule has 0 radical (unpaired) electrons. The molecule has 0 saturated heterocycles. The van der Waals surface area contributed by atoms with Crippen LogP contribution in [0.5, 0.6) is 0 Å². The van der Waals surface area contributed by atoms with Crippen LogP contribution < -0.4 is 10.6 Å². The molecule has 1 aromatic carbocycles. The Balaban J connectivity index is 2.07. The lowest BCUT2D eigenvalue weighted by molar-refractivity contribution is 0.0948. The maximum Gasteiger partial charge on any atom is 0.270 e. The van der Waals surface area contributed by atoms with Crippen molar-refractivity contribution in [3.05, 3.63) is 47.2 Å². The Kier molecular flexibility index (Phi) is 5.51. The van der Waals surface area contributed by atoms with Crippen molar-refractivity contribution >= 4 is 29.1 Å². The number of nitrogens with one attached hydrogen (secondary N) is 2. The van der Waals surface area contributed by atoms with Gasteiger partial charge >= 0.3 is 0 Å². The largest absolute Gasteiger partial charge is 0.351 e. The number of para-hydroxylation sites is 1. The Morgan fingerprint density at radius 3 is 2.86 bits per heavy atom. The lowest BCUT2D eigenvalue weighted by Gasteiger charge is -2.08. The average molecular weight is 305 g/mol. The highest BCUT2D eigenvalue weighted by Gasteiger charge is 2.09. The van der Waals surface area contributed by atoms with E-state index in [9.17, 15) is 4.79 Å². The zero-order valence-electron chi connectivity index (χ0n) is 11.8. The highest BCUT2D eigenvalue weighted by atomic mass is 35.5. The molecule has 1 heterocycles. The number of carbonyl (C=O) groups is 1. The number of anilines is 2. The normalized spacial score (nSPS) is 10.2. The highest BCUT2D eigenvalue weighted by molar-refractivity contribution is 6.33. The van der Waals surface area contributed by atoms with Gasteiger partial charge in [-0.3, -0.25) is 4.79 Å². The smallest absolute Gasteiger partial charge is 0.270 e. The van der Waals surface area contributed by atoms with Crippen molar-refractivity contribution in [2.24, 2.45) is 0 Å². The zero-order chi connectivity index (χ0) is 15.1. The molecule has 2 N–H and O–H groups in total. The first kappa shape index (κ1) is 15.3. The molecule has 0 aliphatic rings. The number of aromatic nitrogens is 2. The summed E-state index contributed by atoms with van der Waals surface area (Å²) in [5, 5.41) is 6.39. The van der Waals surface area contributed by atoms with Gasteiger partial charge in [-0.25, -0.2) is 9.97 Å². The molecular formula is C15H17ClN4O. The minimum atomic E-state index is -0.201. The number of hydrogen-bond acceptors (Lipinski definition) is 4. The molecule has 1 aromatic heterocycles. The third-order valence-corrected chi connectivity index (χ3v) is 3.15. The molecule has 0 saturated carbocycles. The molecule has 0 fully saturated rings. The van der Waals surface area contributed by atoms with E-state index in [0.717, 1.165) is 12.8 Å². The Bertz CT molecular complexity index is 618. The van der Waals surface area contributed by atoms with Gasteiger partial charge in [-0.2, -0.15) is 0 Å². The van der Waals surface area contributed by atoms with Crippen molar-refractivity contribution < 1.29 is 4.79 Å². The summed E-state index contributed by atoms with van der Waals surface area (Å²) >= 11 is 6.06. The molecule has 0 spiro atoms. The molecule has 5 nitrogen and oxygen atoms in total. The maximum absolute atomic E-state index is 11.9. The van der Waals surface area contributed by atoms with Crippen molar-refractivity contribution in [1.82, 2.24) is 15.3 Å².